The van der Waals surface area contributed by atoms with Crippen LogP contribution in [0.5, 0.6) is 0 Å². The van der Waals surface area contributed by atoms with Crippen molar-refractivity contribution < 1.29 is 18.4 Å². The molecule has 0 bridgehead atoms. The zero-order chi connectivity index (χ0) is 15.2. The van der Waals surface area contributed by atoms with Gasteiger partial charge in [0.05, 0.1) is 18.7 Å². The molecule has 0 aliphatic heterocycles. The van der Waals surface area contributed by atoms with Crippen molar-refractivity contribution in [1.29, 1.82) is 0 Å². The number of hydrogen-bond acceptors (Lipinski definition) is 3. The number of halogens is 2. The van der Waals surface area contributed by atoms with Crippen LogP contribution in [0.3, 0.4) is 0 Å². The van der Waals surface area contributed by atoms with Crippen LogP contribution in [0.2, 0.25) is 0 Å². The molecule has 0 spiro atoms. The quantitative estimate of drug-likeness (QED) is 0.888. The number of rotatable bonds is 5. The van der Waals surface area contributed by atoms with Crippen LogP contribution >= 0.6 is 11.3 Å². The lowest BCUT2D eigenvalue weighted by molar-refractivity contribution is -0.120. The highest BCUT2D eigenvalue weighted by atomic mass is 32.1. The molecular formula is C14H12F2N2O2S. The molecule has 0 unspecified atom stereocenters. The van der Waals surface area contributed by atoms with Gasteiger partial charge in [-0.15, -0.1) is 11.3 Å². The fraction of sp³-hybridized carbons (Fsp3) is 0.143. The normalized spacial score (nSPS) is 10.2. The van der Waals surface area contributed by atoms with E-state index >= 15 is 0 Å². The molecule has 4 nitrogen and oxygen atoms in total. The lowest BCUT2D eigenvalue weighted by Crippen LogP contribution is -2.36. The number of carbonyl (C=O) groups excluding carboxylic acids is 2. The third-order valence-corrected chi connectivity index (χ3v) is 3.50. The van der Waals surface area contributed by atoms with Gasteiger partial charge in [0.15, 0.2) is 0 Å². The number of hydrogen-bond donors (Lipinski definition) is 2. The van der Waals surface area contributed by atoms with Crippen molar-refractivity contribution >= 4 is 23.2 Å². The van der Waals surface area contributed by atoms with Crippen molar-refractivity contribution in [1.82, 2.24) is 10.6 Å². The third kappa shape index (κ3) is 4.35. The van der Waals surface area contributed by atoms with Crippen LogP contribution < -0.4 is 10.6 Å². The van der Waals surface area contributed by atoms with Gasteiger partial charge in [-0.2, -0.15) is 0 Å². The maximum Gasteiger partial charge on any atom is 0.254 e. The average molecular weight is 310 g/mol. The Morgan fingerprint density at radius 1 is 1.14 bits per heavy atom. The molecule has 1 aromatic carbocycles. The molecule has 2 amide bonds. The van der Waals surface area contributed by atoms with Gasteiger partial charge in [0.1, 0.15) is 11.6 Å². The maximum atomic E-state index is 13.4. The van der Waals surface area contributed by atoms with Crippen molar-refractivity contribution in [3.63, 3.8) is 0 Å². The standard InChI is InChI=1S/C14H12F2N2O2S/c15-9-3-4-11(12(16)6-9)14(20)18-8-13(19)17-7-10-2-1-5-21-10/h1-6H,7-8H2,(H,17,19)(H,18,20). The molecule has 2 aromatic rings. The minimum absolute atomic E-state index is 0.277. The second-order valence-corrected chi connectivity index (χ2v) is 5.20. The second-order valence-electron chi connectivity index (χ2n) is 4.16. The van der Waals surface area contributed by atoms with Crippen LogP contribution in [-0.2, 0) is 11.3 Å². The van der Waals surface area contributed by atoms with Crippen LogP contribution in [0, 0.1) is 11.6 Å². The summed E-state index contributed by atoms with van der Waals surface area (Å²) in [7, 11) is 0. The van der Waals surface area contributed by atoms with Crippen molar-refractivity contribution in [3.05, 3.63) is 57.8 Å². The van der Waals surface area contributed by atoms with Gasteiger partial charge in [-0.1, -0.05) is 6.07 Å². The van der Waals surface area contributed by atoms with E-state index in [1.165, 1.54) is 11.3 Å². The Hall–Kier alpha value is -2.28. The number of benzene rings is 1. The van der Waals surface area contributed by atoms with Crippen LogP contribution in [0.25, 0.3) is 0 Å². The zero-order valence-corrected chi connectivity index (χ0v) is 11.7. The van der Waals surface area contributed by atoms with Crippen molar-refractivity contribution in [2.45, 2.75) is 6.54 Å². The van der Waals surface area contributed by atoms with E-state index in [1.54, 1.807) is 0 Å². The Morgan fingerprint density at radius 3 is 2.62 bits per heavy atom. The molecule has 110 valence electrons. The van der Waals surface area contributed by atoms with Crippen LogP contribution in [0.15, 0.2) is 35.7 Å². The molecule has 0 fully saturated rings. The highest BCUT2D eigenvalue weighted by Gasteiger charge is 2.13. The molecule has 7 heteroatoms. The van der Waals surface area contributed by atoms with Crippen molar-refractivity contribution in [2.75, 3.05) is 6.54 Å². The predicted molar refractivity (Wildman–Crippen MR) is 74.9 cm³/mol. The molecule has 1 aromatic heterocycles. The minimum atomic E-state index is -0.966. The SMILES string of the molecule is O=C(CNC(=O)c1ccc(F)cc1F)NCc1cccs1. The van der Waals surface area contributed by atoms with Crippen LogP contribution in [-0.4, -0.2) is 18.4 Å². The summed E-state index contributed by atoms with van der Waals surface area (Å²) in [6.07, 6.45) is 0. The summed E-state index contributed by atoms with van der Waals surface area (Å²) < 4.78 is 26.1. The Balaban J connectivity index is 1.81. The molecule has 0 saturated heterocycles. The lowest BCUT2D eigenvalue weighted by atomic mass is 10.2. The average Bonchev–Trinajstić information content (AvgIpc) is 2.95. The topological polar surface area (TPSA) is 58.2 Å². The molecule has 0 saturated carbocycles. The molecule has 0 atom stereocenters. The molecule has 2 rings (SSSR count). The lowest BCUT2D eigenvalue weighted by Gasteiger charge is -2.07. The molecule has 0 aliphatic carbocycles. The maximum absolute atomic E-state index is 13.4. The monoisotopic (exact) mass is 310 g/mol. The molecule has 21 heavy (non-hydrogen) atoms. The molecule has 1 heterocycles. The van der Waals surface area contributed by atoms with Gasteiger partial charge < -0.3 is 10.6 Å². The summed E-state index contributed by atoms with van der Waals surface area (Å²) >= 11 is 1.50. The van der Waals surface area contributed by atoms with E-state index in [1.807, 2.05) is 17.5 Å². The largest absolute Gasteiger partial charge is 0.350 e. The Morgan fingerprint density at radius 2 is 1.95 bits per heavy atom. The Bertz CT molecular complexity index is 644. The highest BCUT2D eigenvalue weighted by molar-refractivity contribution is 7.09. The van der Waals surface area contributed by atoms with Gasteiger partial charge in [-0.3, -0.25) is 9.59 Å². The van der Waals surface area contributed by atoms with Gasteiger partial charge in [0, 0.05) is 10.9 Å². The molecule has 0 aliphatic rings. The third-order valence-electron chi connectivity index (χ3n) is 2.63. The summed E-state index contributed by atoms with van der Waals surface area (Å²) in [5.74, 6) is -2.89. The Labute approximate surface area is 123 Å². The first kappa shape index (κ1) is 15.1. The van der Waals surface area contributed by atoms with Crippen molar-refractivity contribution in [2.24, 2.45) is 0 Å². The van der Waals surface area contributed by atoms with E-state index in [4.69, 9.17) is 0 Å². The molecule has 2 N–H and O–H groups in total. The minimum Gasteiger partial charge on any atom is -0.350 e. The van der Waals surface area contributed by atoms with Gasteiger partial charge in [0.2, 0.25) is 5.91 Å². The van der Waals surface area contributed by atoms with Gasteiger partial charge in [-0.05, 0) is 23.6 Å². The fourth-order valence-electron chi connectivity index (χ4n) is 1.59. The summed E-state index contributed by atoms with van der Waals surface area (Å²) in [4.78, 5) is 24.2. The van der Waals surface area contributed by atoms with Crippen molar-refractivity contribution in [3.8, 4) is 0 Å². The first-order valence-electron chi connectivity index (χ1n) is 6.08. The van der Waals surface area contributed by atoms with Crippen LogP contribution in [0.1, 0.15) is 15.2 Å². The van der Waals surface area contributed by atoms with Gasteiger partial charge in [0.25, 0.3) is 5.91 Å². The van der Waals surface area contributed by atoms with Gasteiger partial charge in [-0.25, -0.2) is 8.78 Å². The summed E-state index contributed by atoms with van der Waals surface area (Å²) in [6.45, 7) is 0.0955. The number of nitrogens with one attached hydrogen (secondary N) is 2. The number of thiophene rings is 1. The van der Waals surface area contributed by atoms with E-state index in [2.05, 4.69) is 10.6 Å². The van der Waals surface area contributed by atoms with E-state index in [9.17, 15) is 18.4 Å². The van der Waals surface area contributed by atoms with E-state index < -0.39 is 17.5 Å². The number of amides is 2. The predicted octanol–water partition coefficient (Wildman–Crippen LogP) is 2.07. The summed E-state index contributed by atoms with van der Waals surface area (Å²) in [5.41, 5.74) is -0.303. The first-order chi connectivity index (χ1) is 10.1. The smallest absolute Gasteiger partial charge is 0.254 e. The first-order valence-corrected chi connectivity index (χ1v) is 6.96. The van der Waals surface area contributed by atoms with E-state index in [0.29, 0.717) is 12.6 Å². The summed E-state index contributed by atoms with van der Waals surface area (Å²) in [6, 6.07) is 6.37. The van der Waals surface area contributed by atoms with Crippen LogP contribution in [0.4, 0.5) is 8.78 Å². The van der Waals surface area contributed by atoms with Gasteiger partial charge >= 0.3 is 0 Å². The summed E-state index contributed by atoms with van der Waals surface area (Å²) in [5, 5.41) is 6.79. The highest BCUT2D eigenvalue weighted by Crippen LogP contribution is 2.09. The van der Waals surface area contributed by atoms with E-state index in [-0.39, 0.29) is 18.0 Å². The zero-order valence-electron chi connectivity index (χ0n) is 10.9. The second kappa shape index (κ2) is 6.94. The fourth-order valence-corrected chi connectivity index (χ4v) is 2.24. The van der Waals surface area contributed by atoms with E-state index in [0.717, 1.165) is 17.0 Å². The molecular weight excluding hydrogens is 298 g/mol. The number of carbonyl (C=O) groups is 2. The Kier molecular flexibility index (Phi) is 4.99. The molecule has 0 radical (unpaired) electrons.